The van der Waals surface area contributed by atoms with E-state index in [1.165, 1.54) is 12.1 Å². The quantitative estimate of drug-likeness (QED) is 0.671. The SMILES string of the molecule is CC(C)CCC(=O)c1cccc(F)c1. The fraction of sp³-hybridized carbons (Fsp3) is 0.417. The molecule has 0 aliphatic rings. The van der Waals surface area contributed by atoms with Crippen molar-refractivity contribution in [2.24, 2.45) is 5.92 Å². The van der Waals surface area contributed by atoms with Crippen LogP contribution in [0.2, 0.25) is 0 Å². The highest BCUT2D eigenvalue weighted by atomic mass is 19.1. The molecule has 0 saturated heterocycles. The van der Waals surface area contributed by atoms with Crippen LogP contribution in [-0.2, 0) is 0 Å². The molecule has 0 heterocycles. The maximum absolute atomic E-state index is 12.8. The Morgan fingerprint density at radius 2 is 2.14 bits per heavy atom. The number of rotatable bonds is 4. The van der Waals surface area contributed by atoms with Gasteiger partial charge in [0.15, 0.2) is 5.78 Å². The van der Waals surface area contributed by atoms with Crippen LogP contribution in [0.25, 0.3) is 0 Å². The zero-order valence-electron chi connectivity index (χ0n) is 8.59. The van der Waals surface area contributed by atoms with Crippen molar-refractivity contribution >= 4 is 5.78 Å². The molecule has 0 bridgehead atoms. The molecule has 2 heteroatoms. The third-order valence-corrected chi connectivity index (χ3v) is 2.10. The zero-order valence-corrected chi connectivity index (χ0v) is 8.59. The third kappa shape index (κ3) is 3.29. The second-order valence-corrected chi connectivity index (χ2v) is 3.87. The highest BCUT2D eigenvalue weighted by Crippen LogP contribution is 2.11. The van der Waals surface area contributed by atoms with Crippen LogP contribution < -0.4 is 0 Å². The number of benzene rings is 1. The molecule has 0 aliphatic carbocycles. The molecule has 0 spiro atoms. The van der Waals surface area contributed by atoms with E-state index >= 15 is 0 Å². The van der Waals surface area contributed by atoms with Crippen molar-refractivity contribution in [1.29, 1.82) is 0 Å². The molecule has 0 amide bonds. The lowest BCUT2D eigenvalue weighted by atomic mass is 10.0. The monoisotopic (exact) mass is 194 g/mol. The second kappa shape index (κ2) is 4.89. The first-order chi connectivity index (χ1) is 6.59. The Labute approximate surface area is 83.9 Å². The maximum atomic E-state index is 12.8. The smallest absolute Gasteiger partial charge is 0.162 e. The first-order valence-corrected chi connectivity index (χ1v) is 4.88. The van der Waals surface area contributed by atoms with Gasteiger partial charge in [-0.25, -0.2) is 4.39 Å². The van der Waals surface area contributed by atoms with Gasteiger partial charge in [-0.15, -0.1) is 0 Å². The predicted molar refractivity (Wildman–Crippen MR) is 54.8 cm³/mol. The number of hydrogen-bond donors (Lipinski definition) is 0. The van der Waals surface area contributed by atoms with Gasteiger partial charge < -0.3 is 0 Å². The van der Waals surface area contributed by atoms with Gasteiger partial charge in [0.25, 0.3) is 0 Å². The van der Waals surface area contributed by atoms with Crippen LogP contribution in [0.4, 0.5) is 4.39 Å². The van der Waals surface area contributed by atoms with E-state index in [2.05, 4.69) is 13.8 Å². The first-order valence-electron chi connectivity index (χ1n) is 4.88. The molecule has 1 nitrogen and oxygen atoms in total. The van der Waals surface area contributed by atoms with Crippen molar-refractivity contribution in [3.63, 3.8) is 0 Å². The van der Waals surface area contributed by atoms with Crippen LogP contribution >= 0.6 is 0 Å². The van der Waals surface area contributed by atoms with Crippen molar-refractivity contribution in [2.45, 2.75) is 26.7 Å². The van der Waals surface area contributed by atoms with Gasteiger partial charge in [0.05, 0.1) is 0 Å². The van der Waals surface area contributed by atoms with Crippen LogP contribution in [0.3, 0.4) is 0 Å². The Kier molecular flexibility index (Phi) is 3.81. The number of ketones is 1. The summed E-state index contributed by atoms with van der Waals surface area (Å²) in [4.78, 5) is 11.5. The van der Waals surface area contributed by atoms with Gasteiger partial charge in [-0.1, -0.05) is 26.0 Å². The summed E-state index contributed by atoms with van der Waals surface area (Å²) in [7, 11) is 0. The standard InChI is InChI=1S/C12H15FO/c1-9(2)6-7-12(14)10-4-3-5-11(13)8-10/h3-5,8-9H,6-7H2,1-2H3. The number of hydrogen-bond acceptors (Lipinski definition) is 1. The average Bonchev–Trinajstić information content (AvgIpc) is 2.14. The van der Waals surface area contributed by atoms with Crippen LogP contribution in [0.1, 0.15) is 37.0 Å². The van der Waals surface area contributed by atoms with E-state index in [4.69, 9.17) is 0 Å². The summed E-state index contributed by atoms with van der Waals surface area (Å²) in [5.41, 5.74) is 0.477. The van der Waals surface area contributed by atoms with Crippen molar-refractivity contribution < 1.29 is 9.18 Å². The summed E-state index contributed by atoms with van der Waals surface area (Å²) in [5.74, 6) is 0.186. The molecule has 76 valence electrons. The summed E-state index contributed by atoms with van der Waals surface area (Å²) in [6, 6.07) is 5.87. The van der Waals surface area contributed by atoms with Crippen LogP contribution in [-0.4, -0.2) is 5.78 Å². The van der Waals surface area contributed by atoms with E-state index in [0.29, 0.717) is 17.9 Å². The zero-order chi connectivity index (χ0) is 10.6. The molecule has 1 aromatic carbocycles. The minimum Gasteiger partial charge on any atom is -0.294 e. The van der Waals surface area contributed by atoms with Gasteiger partial charge in [-0.3, -0.25) is 4.79 Å². The predicted octanol–water partition coefficient (Wildman–Crippen LogP) is 3.44. The lowest BCUT2D eigenvalue weighted by Gasteiger charge is -2.03. The Morgan fingerprint density at radius 3 is 2.71 bits per heavy atom. The Morgan fingerprint density at radius 1 is 1.43 bits per heavy atom. The molecule has 1 rings (SSSR count). The van der Waals surface area contributed by atoms with Gasteiger partial charge in [0, 0.05) is 12.0 Å². The Bertz CT molecular complexity index is 318. The molecule has 14 heavy (non-hydrogen) atoms. The van der Waals surface area contributed by atoms with Gasteiger partial charge >= 0.3 is 0 Å². The summed E-state index contributed by atoms with van der Waals surface area (Å²) in [5, 5.41) is 0. The van der Waals surface area contributed by atoms with E-state index in [1.54, 1.807) is 12.1 Å². The third-order valence-electron chi connectivity index (χ3n) is 2.10. The molecule has 0 aliphatic heterocycles. The minimum absolute atomic E-state index is 0.0261. The molecule has 0 aromatic heterocycles. The van der Waals surface area contributed by atoms with Gasteiger partial charge in [0.1, 0.15) is 5.82 Å². The van der Waals surface area contributed by atoms with Crippen LogP contribution in [0.15, 0.2) is 24.3 Å². The number of carbonyl (C=O) groups excluding carboxylic acids is 1. The summed E-state index contributed by atoms with van der Waals surface area (Å²) in [6.45, 7) is 4.14. The number of halogens is 1. The molecular formula is C12H15FO. The topological polar surface area (TPSA) is 17.1 Å². The molecule has 0 radical (unpaired) electrons. The van der Waals surface area contributed by atoms with E-state index in [0.717, 1.165) is 6.42 Å². The highest BCUT2D eigenvalue weighted by molar-refractivity contribution is 5.95. The lowest BCUT2D eigenvalue weighted by molar-refractivity contribution is 0.0975. The second-order valence-electron chi connectivity index (χ2n) is 3.87. The van der Waals surface area contributed by atoms with Crippen molar-refractivity contribution in [1.82, 2.24) is 0 Å². The maximum Gasteiger partial charge on any atom is 0.162 e. The van der Waals surface area contributed by atoms with Gasteiger partial charge in [-0.05, 0) is 24.5 Å². The van der Waals surface area contributed by atoms with E-state index in [1.807, 2.05) is 0 Å². The highest BCUT2D eigenvalue weighted by Gasteiger charge is 2.07. The van der Waals surface area contributed by atoms with Crippen molar-refractivity contribution in [3.05, 3.63) is 35.6 Å². The van der Waals surface area contributed by atoms with Crippen LogP contribution in [0.5, 0.6) is 0 Å². The largest absolute Gasteiger partial charge is 0.294 e. The van der Waals surface area contributed by atoms with E-state index in [-0.39, 0.29) is 11.6 Å². The van der Waals surface area contributed by atoms with E-state index < -0.39 is 0 Å². The van der Waals surface area contributed by atoms with Crippen LogP contribution in [0, 0.1) is 11.7 Å². The fourth-order valence-electron chi connectivity index (χ4n) is 1.23. The first kappa shape index (κ1) is 10.9. The Hall–Kier alpha value is -1.18. The summed E-state index contributed by atoms with van der Waals surface area (Å²) < 4.78 is 12.8. The number of Topliss-reactive ketones (excluding diaryl/α,β-unsaturated/α-hetero) is 1. The summed E-state index contributed by atoms with van der Waals surface area (Å²) in [6.07, 6.45) is 1.36. The molecule has 0 atom stereocenters. The fourth-order valence-corrected chi connectivity index (χ4v) is 1.23. The summed E-state index contributed by atoms with van der Waals surface area (Å²) >= 11 is 0. The number of carbonyl (C=O) groups is 1. The van der Waals surface area contributed by atoms with Gasteiger partial charge in [0.2, 0.25) is 0 Å². The molecular weight excluding hydrogens is 179 g/mol. The lowest BCUT2D eigenvalue weighted by Crippen LogP contribution is -2.01. The average molecular weight is 194 g/mol. The van der Waals surface area contributed by atoms with E-state index in [9.17, 15) is 9.18 Å². The Balaban J connectivity index is 2.61. The van der Waals surface area contributed by atoms with Gasteiger partial charge in [-0.2, -0.15) is 0 Å². The van der Waals surface area contributed by atoms with Crippen molar-refractivity contribution in [3.8, 4) is 0 Å². The minimum atomic E-state index is -0.347. The normalized spacial score (nSPS) is 10.6. The van der Waals surface area contributed by atoms with Crippen molar-refractivity contribution in [2.75, 3.05) is 0 Å². The molecule has 0 N–H and O–H groups in total. The molecule has 0 saturated carbocycles. The molecule has 1 aromatic rings. The molecule has 0 fully saturated rings. The molecule has 0 unspecified atom stereocenters.